The molecule has 1 aromatic rings. The van der Waals surface area contributed by atoms with Crippen LogP contribution in [-0.2, 0) is 25.6 Å². The zero-order chi connectivity index (χ0) is 20.0. The molecule has 1 saturated heterocycles. The van der Waals surface area contributed by atoms with Crippen LogP contribution in [0.15, 0.2) is 41.4 Å². The smallest absolute Gasteiger partial charge is 0.243 e. The van der Waals surface area contributed by atoms with Crippen molar-refractivity contribution in [3.05, 3.63) is 47.0 Å². The summed E-state index contributed by atoms with van der Waals surface area (Å²) in [7, 11) is 0. The summed E-state index contributed by atoms with van der Waals surface area (Å²) in [6.45, 7) is 3.60. The standard InChI is InChI=1S/C18H21BrN4O4/c1-10(19)7-12(16(20)25)21-15(24)9-14-18(27)22-13(17(26)23-14)8-11-5-3-2-4-6-11/h2-6,12-14H,1,7-9H2,(H2,20,25)(H,21,24)(H,22,27)(H,23,26)/t12-,13-,14-/m0/s1. The van der Waals surface area contributed by atoms with Gasteiger partial charge in [-0.3, -0.25) is 19.2 Å². The second kappa shape index (κ2) is 9.31. The lowest BCUT2D eigenvalue weighted by Crippen LogP contribution is -2.63. The van der Waals surface area contributed by atoms with E-state index in [0.29, 0.717) is 10.9 Å². The third-order valence-electron chi connectivity index (χ3n) is 4.04. The lowest BCUT2D eigenvalue weighted by Gasteiger charge is -2.29. The van der Waals surface area contributed by atoms with E-state index in [2.05, 4.69) is 38.5 Å². The predicted molar refractivity (Wildman–Crippen MR) is 102 cm³/mol. The molecule has 0 bridgehead atoms. The average Bonchev–Trinajstić information content (AvgIpc) is 2.59. The molecule has 0 radical (unpaired) electrons. The number of carbonyl (C=O) groups excluding carboxylic acids is 4. The van der Waals surface area contributed by atoms with E-state index >= 15 is 0 Å². The van der Waals surface area contributed by atoms with Gasteiger partial charge in [-0.15, -0.1) is 0 Å². The number of nitrogens with two attached hydrogens (primary N) is 1. The van der Waals surface area contributed by atoms with Gasteiger partial charge in [0.1, 0.15) is 18.1 Å². The fourth-order valence-electron chi connectivity index (χ4n) is 2.70. The summed E-state index contributed by atoms with van der Waals surface area (Å²) in [5, 5.41) is 7.64. The maximum Gasteiger partial charge on any atom is 0.243 e. The van der Waals surface area contributed by atoms with Crippen LogP contribution in [0.3, 0.4) is 0 Å². The second-order valence-corrected chi connectivity index (χ2v) is 7.38. The fourth-order valence-corrected chi connectivity index (χ4v) is 3.02. The summed E-state index contributed by atoms with van der Waals surface area (Å²) in [5.41, 5.74) is 6.15. The van der Waals surface area contributed by atoms with E-state index in [-0.39, 0.29) is 18.7 Å². The molecule has 0 saturated carbocycles. The van der Waals surface area contributed by atoms with Crippen LogP contribution in [0.1, 0.15) is 18.4 Å². The summed E-state index contributed by atoms with van der Waals surface area (Å²) < 4.78 is 0.499. The molecular formula is C18H21BrN4O4. The first-order valence-corrected chi connectivity index (χ1v) is 9.12. The van der Waals surface area contributed by atoms with Crippen molar-refractivity contribution >= 4 is 39.6 Å². The molecule has 1 aromatic carbocycles. The number of rotatable bonds is 8. The SMILES string of the molecule is C=C(Br)C[C@H](NC(=O)C[C@@H]1NC(=O)[C@H](Cc2ccccc2)NC1=O)C(N)=O. The Morgan fingerprint density at radius 3 is 2.33 bits per heavy atom. The van der Waals surface area contributed by atoms with E-state index in [0.717, 1.165) is 5.56 Å². The highest BCUT2D eigenvalue weighted by molar-refractivity contribution is 9.11. The largest absolute Gasteiger partial charge is 0.368 e. The van der Waals surface area contributed by atoms with E-state index in [1.54, 1.807) is 0 Å². The van der Waals surface area contributed by atoms with E-state index in [1.807, 2.05) is 30.3 Å². The zero-order valence-electron chi connectivity index (χ0n) is 14.5. The Kier molecular flexibility index (Phi) is 7.12. The molecule has 0 aromatic heterocycles. The van der Waals surface area contributed by atoms with Gasteiger partial charge in [-0.1, -0.05) is 52.8 Å². The number of piperazine rings is 1. The molecule has 1 aliphatic heterocycles. The van der Waals surface area contributed by atoms with Crippen LogP contribution in [0.25, 0.3) is 0 Å². The average molecular weight is 437 g/mol. The molecule has 9 heteroatoms. The number of benzene rings is 1. The minimum atomic E-state index is -1.01. The number of nitrogens with one attached hydrogen (secondary N) is 3. The third-order valence-corrected chi connectivity index (χ3v) is 4.37. The molecule has 0 spiro atoms. The maximum atomic E-state index is 12.3. The minimum Gasteiger partial charge on any atom is -0.368 e. The predicted octanol–water partition coefficient (Wildman–Crippen LogP) is -0.129. The van der Waals surface area contributed by atoms with Crippen LogP contribution in [0.4, 0.5) is 0 Å². The molecule has 144 valence electrons. The van der Waals surface area contributed by atoms with Crippen molar-refractivity contribution in [3.63, 3.8) is 0 Å². The van der Waals surface area contributed by atoms with Crippen molar-refractivity contribution in [2.24, 2.45) is 5.73 Å². The van der Waals surface area contributed by atoms with Gasteiger partial charge < -0.3 is 21.7 Å². The number of halogens is 1. The Hall–Kier alpha value is -2.68. The molecule has 2 rings (SSSR count). The number of primary amides is 1. The van der Waals surface area contributed by atoms with Gasteiger partial charge in [0.2, 0.25) is 23.6 Å². The lowest BCUT2D eigenvalue weighted by molar-refractivity contribution is -0.138. The molecule has 1 heterocycles. The van der Waals surface area contributed by atoms with Gasteiger partial charge in [-0.25, -0.2) is 0 Å². The van der Waals surface area contributed by atoms with Crippen molar-refractivity contribution in [1.29, 1.82) is 0 Å². The summed E-state index contributed by atoms with van der Waals surface area (Å²) in [5.74, 6) is -2.11. The Balaban J connectivity index is 1.92. The number of hydrogen-bond acceptors (Lipinski definition) is 4. The van der Waals surface area contributed by atoms with E-state index in [1.165, 1.54) is 0 Å². The fraction of sp³-hybridized carbons (Fsp3) is 0.333. The highest BCUT2D eigenvalue weighted by Gasteiger charge is 2.35. The lowest BCUT2D eigenvalue weighted by atomic mass is 10.0. The van der Waals surface area contributed by atoms with Crippen LogP contribution in [0, 0.1) is 0 Å². The van der Waals surface area contributed by atoms with E-state index in [4.69, 9.17) is 5.73 Å². The minimum absolute atomic E-state index is 0.128. The summed E-state index contributed by atoms with van der Waals surface area (Å²) in [6, 6.07) is 6.63. The molecule has 27 heavy (non-hydrogen) atoms. The number of amides is 4. The van der Waals surface area contributed by atoms with Gasteiger partial charge in [-0.2, -0.15) is 0 Å². The maximum absolute atomic E-state index is 12.3. The van der Waals surface area contributed by atoms with Crippen molar-refractivity contribution in [1.82, 2.24) is 16.0 Å². The Morgan fingerprint density at radius 1 is 1.15 bits per heavy atom. The Bertz CT molecular complexity index is 753. The van der Waals surface area contributed by atoms with Crippen molar-refractivity contribution in [3.8, 4) is 0 Å². The highest BCUT2D eigenvalue weighted by atomic mass is 79.9. The third kappa shape index (κ3) is 6.21. The molecule has 1 aliphatic rings. The summed E-state index contributed by atoms with van der Waals surface area (Å²) >= 11 is 3.11. The van der Waals surface area contributed by atoms with Crippen LogP contribution in [0.2, 0.25) is 0 Å². The van der Waals surface area contributed by atoms with Gasteiger partial charge in [0.05, 0.1) is 6.42 Å². The van der Waals surface area contributed by atoms with Crippen LogP contribution >= 0.6 is 15.9 Å². The van der Waals surface area contributed by atoms with E-state index < -0.39 is 35.8 Å². The van der Waals surface area contributed by atoms with Crippen LogP contribution in [0.5, 0.6) is 0 Å². The summed E-state index contributed by atoms with van der Waals surface area (Å²) in [4.78, 5) is 48.0. The summed E-state index contributed by atoms with van der Waals surface area (Å²) in [6.07, 6.45) is 0.187. The van der Waals surface area contributed by atoms with Gasteiger partial charge in [-0.05, 0) is 10.0 Å². The van der Waals surface area contributed by atoms with E-state index in [9.17, 15) is 19.2 Å². The van der Waals surface area contributed by atoms with Gasteiger partial charge >= 0.3 is 0 Å². The first kappa shape index (κ1) is 20.6. The van der Waals surface area contributed by atoms with Gasteiger partial charge in [0.15, 0.2) is 0 Å². The van der Waals surface area contributed by atoms with Crippen molar-refractivity contribution in [2.45, 2.75) is 37.4 Å². The topological polar surface area (TPSA) is 130 Å². The second-order valence-electron chi connectivity index (χ2n) is 6.26. The monoisotopic (exact) mass is 436 g/mol. The number of carbonyl (C=O) groups is 4. The first-order valence-electron chi connectivity index (χ1n) is 8.33. The molecule has 8 nitrogen and oxygen atoms in total. The van der Waals surface area contributed by atoms with Crippen molar-refractivity contribution < 1.29 is 19.2 Å². The van der Waals surface area contributed by atoms with Crippen molar-refractivity contribution in [2.75, 3.05) is 0 Å². The molecule has 4 amide bonds. The quantitative estimate of drug-likeness (QED) is 0.452. The molecule has 3 atom stereocenters. The molecule has 0 unspecified atom stereocenters. The molecule has 0 aliphatic carbocycles. The molecule has 1 fully saturated rings. The van der Waals surface area contributed by atoms with Crippen LogP contribution < -0.4 is 21.7 Å². The highest BCUT2D eigenvalue weighted by Crippen LogP contribution is 2.11. The zero-order valence-corrected chi connectivity index (χ0v) is 16.1. The Labute approximate surface area is 165 Å². The van der Waals surface area contributed by atoms with Crippen LogP contribution in [-0.4, -0.2) is 41.8 Å². The normalized spacial score (nSPS) is 20.2. The van der Waals surface area contributed by atoms with Gasteiger partial charge in [0.25, 0.3) is 0 Å². The number of hydrogen-bond donors (Lipinski definition) is 4. The molecule has 5 N–H and O–H groups in total. The van der Waals surface area contributed by atoms with Gasteiger partial charge in [0, 0.05) is 12.8 Å². The first-order chi connectivity index (χ1) is 12.8. The Morgan fingerprint density at radius 2 is 1.74 bits per heavy atom. The molecular weight excluding hydrogens is 416 g/mol.